The van der Waals surface area contributed by atoms with Gasteiger partial charge in [0, 0.05) is 35.8 Å². The third-order valence-electron chi connectivity index (χ3n) is 6.64. The van der Waals surface area contributed by atoms with Gasteiger partial charge >= 0.3 is 0 Å². The van der Waals surface area contributed by atoms with Crippen molar-refractivity contribution in [2.75, 3.05) is 13.2 Å². The van der Waals surface area contributed by atoms with Gasteiger partial charge in [0.2, 0.25) is 17.7 Å². The van der Waals surface area contributed by atoms with Gasteiger partial charge in [0.1, 0.15) is 6.04 Å². The number of likely N-dealkylation sites (tertiary alicyclic amines) is 1. The van der Waals surface area contributed by atoms with Crippen LogP contribution in [0.4, 0.5) is 0 Å². The largest absolute Gasteiger partial charge is 0.396 e. The Balaban J connectivity index is 1.62. The lowest BCUT2D eigenvalue weighted by Crippen LogP contribution is -2.55. The molecule has 3 aliphatic rings. The number of hydrogen-bond acceptors (Lipinski definition) is 5. The fraction of sp³-hybridized carbons (Fsp3) is 0.609. The van der Waals surface area contributed by atoms with Crippen LogP contribution in [-0.4, -0.2) is 67.8 Å². The Labute approximate surface area is 201 Å². The van der Waals surface area contributed by atoms with E-state index in [1.165, 1.54) is 0 Å². The lowest BCUT2D eigenvalue weighted by molar-refractivity contribution is -0.140. The minimum atomic E-state index is -0.643. The molecule has 4 rings (SSSR count). The molecule has 1 aromatic rings. The number of aliphatic hydroxyl groups is 1. The molecule has 0 saturated carbocycles. The Morgan fingerprint density at radius 1 is 1.28 bits per heavy atom. The monoisotopic (exact) mass is 523 g/mol. The van der Waals surface area contributed by atoms with E-state index in [2.05, 4.69) is 26.6 Å². The van der Waals surface area contributed by atoms with Gasteiger partial charge in [-0.3, -0.25) is 14.4 Å². The highest BCUT2D eigenvalue weighted by Crippen LogP contribution is 2.67. The maximum absolute atomic E-state index is 13.6. The molecule has 1 spiro atoms. The molecule has 3 aliphatic heterocycles. The van der Waals surface area contributed by atoms with Crippen molar-refractivity contribution in [2.45, 2.75) is 60.1 Å². The molecule has 3 saturated heterocycles. The second kappa shape index (κ2) is 9.35. The lowest BCUT2D eigenvalue weighted by Gasteiger charge is -2.35. The van der Waals surface area contributed by atoms with Crippen LogP contribution in [0.3, 0.4) is 0 Å². The quantitative estimate of drug-likeness (QED) is 0.450. The van der Waals surface area contributed by atoms with Crippen LogP contribution in [-0.2, 0) is 20.9 Å². The normalized spacial score (nSPS) is 33.0. The van der Waals surface area contributed by atoms with Crippen LogP contribution < -0.4 is 10.6 Å². The number of carbonyl (C=O) groups is 3. The maximum atomic E-state index is 13.6. The Hall–Kier alpha value is -1.58. The predicted octanol–water partition coefficient (Wildman–Crippen LogP) is 1.67. The summed E-state index contributed by atoms with van der Waals surface area (Å²) < 4.78 is -0.640. The SMILES string of the molecule is CC(C)NC(=O)C1N(CCCO)C(=O)[C@@H]2[C@@H](C(=O)NCc3ccccc3)[C@@H]3SC12CC3Br. The number of nitrogens with zero attached hydrogens (tertiary/aromatic N) is 1. The van der Waals surface area contributed by atoms with Crippen LogP contribution in [0.2, 0.25) is 0 Å². The van der Waals surface area contributed by atoms with Gasteiger partial charge in [0.15, 0.2) is 0 Å². The summed E-state index contributed by atoms with van der Waals surface area (Å²) in [6, 6.07) is 8.99. The Bertz CT molecular complexity index is 885. The summed E-state index contributed by atoms with van der Waals surface area (Å²) in [4.78, 5) is 42.0. The first-order valence-electron chi connectivity index (χ1n) is 11.2. The molecule has 32 heavy (non-hydrogen) atoms. The van der Waals surface area contributed by atoms with E-state index in [0.717, 1.165) is 5.56 Å². The molecular weight excluding hydrogens is 494 g/mol. The summed E-state index contributed by atoms with van der Waals surface area (Å²) in [7, 11) is 0. The van der Waals surface area contributed by atoms with E-state index >= 15 is 0 Å². The number of aliphatic hydroxyl groups excluding tert-OH is 1. The van der Waals surface area contributed by atoms with Gasteiger partial charge in [-0.05, 0) is 32.3 Å². The van der Waals surface area contributed by atoms with Crippen molar-refractivity contribution in [3.8, 4) is 0 Å². The molecule has 3 N–H and O–H groups in total. The van der Waals surface area contributed by atoms with E-state index in [-0.39, 0.29) is 40.4 Å². The van der Waals surface area contributed by atoms with Crippen LogP contribution in [0.5, 0.6) is 0 Å². The van der Waals surface area contributed by atoms with Gasteiger partial charge in [-0.25, -0.2) is 0 Å². The summed E-state index contributed by atoms with van der Waals surface area (Å²) in [6.45, 7) is 4.44. The van der Waals surface area contributed by atoms with Crippen LogP contribution in [0, 0.1) is 11.8 Å². The molecule has 2 bridgehead atoms. The Kier molecular flexibility index (Phi) is 6.89. The van der Waals surface area contributed by atoms with E-state index in [1.54, 1.807) is 16.7 Å². The topological polar surface area (TPSA) is 98.7 Å². The van der Waals surface area contributed by atoms with Gasteiger partial charge < -0.3 is 20.6 Å². The standard InChI is InChI=1S/C23H30BrN3O4S/c1-13(2)26-21(30)19-23-11-15(24)18(32-23)16(17(23)22(31)27(19)9-6-10-28)20(29)25-12-14-7-4-3-5-8-14/h3-5,7-8,13,15-19,28H,6,9-12H2,1-2H3,(H,25,29)(H,26,30)/t15?,16-,17+,18-,19?,23?/m1/s1. The van der Waals surface area contributed by atoms with Crippen molar-refractivity contribution in [3.63, 3.8) is 0 Å². The molecule has 3 fully saturated rings. The average molecular weight is 524 g/mol. The zero-order valence-corrected chi connectivity index (χ0v) is 20.7. The molecule has 0 aliphatic carbocycles. The first-order valence-corrected chi connectivity index (χ1v) is 12.9. The number of rotatable bonds is 8. The number of nitrogens with one attached hydrogen (secondary N) is 2. The Morgan fingerprint density at radius 2 is 2.00 bits per heavy atom. The molecule has 6 atom stereocenters. The minimum absolute atomic E-state index is 0.0520. The molecule has 3 unspecified atom stereocenters. The van der Waals surface area contributed by atoms with Crippen molar-refractivity contribution in [3.05, 3.63) is 35.9 Å². The first-order chi connectivity index (χ1) is 15.3. The second-order valence-corrected chi connectivity index (χ2v) is 11.9. The number of carbonyl (C=O) groups excluding carboxylic acids is 3. The summed E-state index contributed by atoms with van der Waals surface area (Å²) in [5.41, 5.74) is 0.998. The molecule has 0 radical (unpaired) electrons. The van der Waals surface area contributed by atoms with Crippen molar-refractivity contribution in [1.29, 1.82) is 0 Å². The number of halogens is 1. The van der Waals surface area contributed by atoms with Crippen LogP contribution in [0.1, 0.15) is 32.3 Å². The average Bonchev–Trinajstić information content (AvgIpc) is 3.34. The molecule has 174 valence electrons. The minimum Gasteiger partial charge on any atom is -0.396 e. The number of fused-ring (bicyclic) bond motifs is 1. The Morgan fingerprint density at radius 3 is 2.66 bits per heavy atom. The molecule has 9 heteroatoms. The highest BCUT2D eigenvalue weighted by atomic mass is 79.9. The van der Waals surface area contributed by atoms with Gasteiger partial charge in [-0.1, -0.05) is 46.3 Å². The van der Waals surface area contributed by atoms with E-state index < -0.39 is 22.6 Å². The summed E-state index contributed by atoms with van der Waals surface area (Å²) in [6.07, 6.45) is 1.06. The van der Waals surface area contributed by atoms with Gasteiger partial charge in [0.25, 0.3) is 0 Å². The molecule has 3 heterocycles. The number of alkyl halides is 1. The third-order valence-corrected chi connectivity index (χ3v) is 9.86. The molecule has 3 amide bonds. The molecule has 0 aromatic heterocycles. The number of thioether (sulfide) groups is 1. The fourth-order valence-electron chi connectivity index (χ4n) is 5.48. The zero-order valence-electron chi connectivity index (χ0n) is 18.3. The van der Waals surface area contributed by atoms with Gasteiger partial charge in [-0.15, -0.1) is 11.8 Å². The van der Waals surface area contributed by atoms with Crippen LogP contribution in [0.25, 0.3) is 0 Å². The van der Waals surface area contributed by atoms with Crippen molar-refractivity contribution in [1.82, 2.24) is 15.5 Å². The third kappa shape index (κ3) is 3.96. The molecule has 1 aromatic carbocycles. The van der Waals surface area contributed by atoms with E-state index in [1.807, 2.05) is 44.2 Å². The van der Waals surface area contributed by atoms with Crippen molar-refractivity contribution < 1.29 is 19.5 Å². The summed E-state index contributed by atoms with van der Waals surface area (Å²) >= 11 is 5.38. The highest BCUT2D eigenvalue weighted by molar-refractivity contribution is 9.09. The highest BCUT2D eigenvalue weighted by Gasteiger charge is 2.75. The lowest BCUT2D eigenvalue weighted by atomic mass is 9.70. The van der Waals surface area contributed by atoms with Gasteiger partial charge in [-0.2, -0.15) is 0 Å². The predicted molar refractivity (Wildman–Crippen MR) is 127 cm³/mol. The molecular formula is C23H30BrN3O4S. The number of amides is 3. The fourth-order valence-corrected chi connectivity index (χ4v) is 9.09. The summed E-state index contributed by atoms with van der Waals surface area (Å²) in [5, 5.41) is 15.3. The van der Waals surface area contributed by atoms with E-state index in [4.69, 9.17) is 0 Å². The number of hydrogen-bond donors (Lipinski definition) is 3. The van der Waals surface area contributed by atoms with E-state index in [0.29, 0.717) is 25.9 Å². The van der Waals surface area contributed by atoms with Gasteiger partial charge in [0.05, 0.1) is 16.6 Å². The van der Waals surface area contributed by atoms with E-state index in [9.17, 15) is 19.5 Å². The van der Waals surface area contributed by atoms with Crippen LogP contribution >= 0.6 is 27.7 Å². The van der Waals surface area contributed by atoms with Crippen LogP contribution in [0.15, 0.2) is 30.3 Å². The van der Waals surface area contributed by atoms with Crippen molar-refractivity contribution in [2.24, 2.45) is 11.8 Å². The smallest absolute Gasteiger partial charge is 0.244 e. The second-order valence-electron chi connectivity index (χ2n) is 9.14. The summed E-state index contributed by atoms with van der Waals surface area (Å²) in [5.74, 6) is -1.49. The zero-order chi connectivity index (χ0) is 23.0. The maximum Gasteiger partial charge on any atom is 0.244 e. The van der Waals surface area contributed by atoms with Crippen molar-refractivity contribution >= 4 is 45.4 Å². The number of benzene rings is 1. The first kappa shape index (κ1) is 23.6. The molecule has 7 nitrogen and oxygen atoms in total.